The van der Waals surface area contributed by atoms with Gasteiger partial charge in [0.25, 0.3) is 0 Å². The molecular weight excluding hydrogens is 326 g/mol. The lowest BCUT2D eigenvalue weighted by Crippen LogP contribution is -2.05. The van der Waals surface area contributed by atoms with Crippen molar-refractivity contribution in [2.24, 2.45) is 0 Å². The number of hydrogen-bond donors (Lipinski definition) is 1. The van der Waals surface area contributed by atoms with E-state index in [9.17, 15) is 4.79 Å². The molecule has 2 N–H and O–H groups in total. The van der Waals surface area contributed by atoms with Crippen LogP contribution in [-0.2, 0) is 4.74 Å². The van der Waals surface area contributed by atoms with E-state index in [1.54, 1.807) is 6.92 Å². The highest BCUT2D eigenvalue weighted by Gasteiger charge is 2.23. The summed E-state index contributed by atoms with van der Waals surface area (Å²) in [5.74, 6) is -0.449. The Morgan fingerprint density at radius 3 is 2.58 bits per heavy atom. The van der Waals surface area contributed by atoms with Gasteiger partial charge in [0.2, 0.25) is 0 Å². The summed E-state index contributed by atoms with van der Waals surface area (Å²) >= 11 is 1.19. The van der Waals surface area contributed by atoms with Gasteiger partial charge >= 0.3 is 12.0 Å². The zero-order valence-corrected chi connectivity index (χ0v) is 14.2. The lowest BCUT2D eigenvalue weighted by molar-refractivity contribution is 0.0533. The second-order valence-corrected chi connectivity index (χ2v) is 5.90. The molecule has 0 spiro atoms. The number of rotatable bonds is 5. The Kier molecular flexibility index (Phi) is 4.61. The molecule has 6 nitrogen and oxygen atoms in total. The van der Waals surface area contributed by atoms with Gasteiger partial charge in [-0.2, -0.15) is 9.97 Å². The van der Waals surface area contributed by atoms with Gasteiger partial charge in [0, 0.05) is 5.56 Å². The van der Waals surface area contributed by atoms with Crippen LogP contribution in [0.1, 0.15) is 23.5 Å². The number of carbonyl (C=O) groups excluding carboxylic acids is 1. The fraction of sp³-hybridized carbons (Fsp3) is 0.235. The highest BCUT2D eigenvalue weighted by atomic mass is 32.1. The predicted octanol–water partition coefficient (Wildman–Crippen LogP) is 3.52. The third-order valence-corrected chi connectivity index (χ3v) is 4.43. The Morgan fingerprint density at radius 1 is 1.17 bits per heavy atom. The normalized spacial score (nSPS) is 10.8. The van der Waals surface area contributed by atoms with E-state index in [4.69, 9.17) is 15.2 Å². The number of esters is 1. The first-order chi connectivity index (χ1) is 11.7. The van der Waals surface area contributed by atoms with Crippen LogP contribution in [0.3, 0.4) is 0 Å². The first-order valence-corrected chi connectivity index (χ1v) is 8.42. The molecule has 0 amide bonds. The summed E-state index contributed by atoms with van der Waals surface area (Å²) in [5, 5.41) is 0.651. The lowest BCUT2D eigenvalue weighted by Gasteiger charge is -2.07. The molecule has 1 aromatic carbocycles. The number of nitrogen functional groups attached to an aromatic ring is 1. The quantitative estimate of drug-likeness (QED) is 0.713. The summed E-state index contributed by atoms with van der Waals surface area (Å²) in [4.78, 5) is 21.9. The smallest absolute Gasteiger partial charge is 0.350 e. The van der Waals surface area contributed by atoms with Gasteiger partial charge in [-0.1, -0.05) is 30.3 Å². The molecule has 0 saturated carbocycles. The molecule has 0 aliphatic heterocycles. The molecule has 0 fully saturated rings. The van der Waals surface area contributed by atoms with Crippen molar-refractivity contribution in [1.82, 2.24) is 9.97 Å². The van der Waals surface area contributed by atoms with Gasteiger partial charge in [-0.15, -0.1) is 11.3 Å². The van der Waals surface area contributed by atoms with E-state index in [2.05, 4.69) is 9.97 Å². The number of benzene rings is 1. The number of nitrogens with two attached hydrogens (primary N) is 1. The number of fused-ring (bicyclic) bond motifs is 1. The van der Waals surface area contributed by atoms with Gasteiger partial charge in [-0.3, -0.25) is 0 Å². The highest BCUT2D eigenvalue weighted by Crippen LogP contribution is 2.39. The van der Waals surface area contributed by atoms with Crippen LogP contribution in [0.5, 0.6) is 6.01 Å². The van der Waals surface area contributed by atoms with Crippen LogP contribution in [0.2, 0.25) is 0 Å². The monoisotopic (exact) mass is 343 g/mol. The number of aromatic nitrogens is 2. The fourth-order valence-corrected chi connectivity index (χ4v) is 3.33. The van der Waals surface area contributed by atoms with Crippen molar-refractivity contribution in [1.29, 1.82) is 0 Å². The van der Waals surface area contributed by atoms with E-state index in [0.717, 1.165) is 5.56 Å². The van der Waals surface area contributed by atoms with Crippen LogP contribution in [0.4, 0.5) is 5.69 Å². The van der Waals surface area contributed by atoms with Crippen LogP contribution in [0.25, 0.3) is 21.5 Å². The Labute approximate surface area is 143 Å². The van der Waals surface area contributed by atoms with Crippen molar-refractivity contribution in [3.63, 3.8) is 0 Å². The summed E-state index contributed by atoms with van der Waals surface area (Å²) < 4.78 is 10.5. The average molecular weight is 343 g/mol. The van der Waals surface area contributed by atoms with Gasteiger partial charge in [0.1, 0.15) is 9.71 Å². The number of nitrogens with zero attached hydrogens (tertiary/aromatic N) is 2. The highest BCUT2D eigenvalue weighted by molar-refractivity contribution is 7.21. The maximum absolute atomic E-state index is 12.1. The molecule has 0 radical (unpaired) electrons. The van der Waals surface area contributed by atoms with Crippen molar-refractivity contribution in [2.75, 3.05) is 18.9 Å². The summed E-state index contributed by atoms with van der Waals surface area (Å²) in [7, 11) is 0. The molecule has 7 heteroatoms. The first kappa shape index (κ1) is 16.2. The van der Waals surface area contributed by atoms with Crippen molar-refractivity contribution >= 4 is 33.2 Å². The Hall–Kier alpha value is -2.67. The Morgan fingerprint density at radius 2 is 1.92 bits per heavy atom. The fourth-order valence-electron chi connectivity index (χ4n) is 2.35. The minimum Gasteiger partial charge on any atom is -0.464 e. The third kappa shape index (κ3) is 2.90. The molecule has 0 bridgehead atoms. The van der Waals surface area contributed by atoms with E-state index < -0.39 is 5.97 Å². The minimum atomic E-state index is -0.449. The number of ether oxygens (including phenoxy) is 2. The molecular formula is C17H17N3O3S. The first-order valence-electron chi connectivity index (χ1n) is 7.61. The van der Waals surface area contributed by atoms with Crippen LogP contribution >= 0.6 is 11.3 Å². The Balaban J connectivity index is 2.26. The largest absolute Gasteiger partial charge is 0.464 e. The summed E-state index contributed by atoms with van der Waals surface area (Å²) in [5.41, 5.74) is 8.09. The maximum Gasteiger partial charge on any atom is 0.350 e. The second-order valence-electron chi connectivity index (χ2n) is 4.90. The third-order valence-electron chi connectivity index (χ3n) is 3.35. The van der Waals surface area contributed by atoms with Crippen LogP contribution in [-0.4, -0.2) is 29.2 Å². The van der Waals surface area contributed by atoms with Crippen molar-refractivity contribution in [2.45, 2.75) is 13.8 Å². The standard InChI is InChI=1S/C17H17N3O3S/c1-3-22-16(21)14-12(18)11-13(10-8-6-5-7-9-10)19-17(23-4-2)20-15(11)24-14/h5-9H,3-4,18H2,1-2H3. The molecule has 3 aromatic rings. The maximum atomic E-state index is 12.1. The molecule has 0 saturated heterocycles. The van der Waals surface area contributed by atoms with Crippen molar-refractivity contribution in [3.05, 3.63) is 35.2 Å². The van der Waals surface area contributed by atoms with E-state index in [-0.39, 0.29) is 12.6 Å². The van der Waals surface area contributed by atoms with Crippen LogP contribution < -0.4 is 10.5 Å². The zero-order valence-electron chi connectivity index (χ0n) is 13.4. The van der Waals surface area contributed by atoms with Crippen molar-refractivity contribution in [3.8, 4) is 17.3 Å². The van der Waals surface area contributed by atoms with Gasteiger partial charge in [0.15, 0.2) is 0 Å². The van der Waals surface area contributed by atoms with E-state index >= 15 is 0 Å². The van der Waals surface area contributed by atoms with E-state index in [1.807, 2.05) is 37.3 Å². The topological polar surface area (TPSA) is 87.3 Å². The molecule has 0 atom stereocenters. The van der Waals surface area contributed by atoms with Gasteiger partial charge in [-0.05, 0) is 13.8 Å². The van der Waals surface area contributed by atoms with Gasteiger partial charge < -0.3 is 15.2 Å². The average Bonchev–Trinajstić information content (AvgIpc) is 2.92. The number of thiophene rings is 1. The predicted molar refractivity (Wildman–Crippen MR) is 94.4 cm³/mol. The Bertz CT molecular complexity index is 878. The minimum absolute atomic E-state index is 0.264. The van der Waals surface area contributed by atoms with E-state index in [1.165, 1.54) is 11.3 Å². The zero-order chi connectivity index (χ0) is 17.1. The number of anilines is 1. The van der Waals surface area contributed by atoms with Gasteiger partial charge in [0.05, 0.1) is 30.0 Å². The molecule has 2 aromatic heterocycles. The molecule has 24 heavy (non-hydrogen) atoms. The second kappa shape index (κ2) is 6.84. The molecule has 3 rings (SSSR count). The van der Waals surface area contributed by atoms with E-state index in [0.29, 0.717) is 33.1 Å². The number of carbonyl (C=O) groups is 1. The lowest BCUT2D eigenvalue weighted by atomic mass is 10.1. The van der Waals surface area contributed by atoms with Crippen LogP contribution in [0.15, 0.2) is 30.3 Å². The van der Waals surface area contributed by atoms with Crippen molar-refractivity contribution < 1.29 is 14.3 Å². The van der Waals surface area contributed by atoms with Crippen LogP contribution in [0, 0.1) is 0 Å². The summed E-state index contributed by atoms with van der Waals surface area (Å²) in [6.07, 6.45) is 0. The number of hydrogen-bond acceptors (Lipinski definition) is 7. The SMILES string of the molecule is CCOC(=O)c1sc2nc(OCC)nc(-c3ccccc3)c2c1N. The molecule has 2 heterocycles. The molecule has 0 unspecified atom stereocenters. The summed E-state index contributed by atoms with van der Waals surface area (Å²) in [6, 6.07) is 9.88. The molecule has 0 aliphatic rings. The molecule has 0 aliphatic carbocycles. The summed E-state index contributed by atoms with van der Waals surface area (Å²) in [6.45, 7) is 4.35. The molecule has 124 valence electrons. The van der Waals surface area contributed by atoms with Gasteiger partial charge in [-0.25, -0.2) is 4.79 Å².